The maximum atomic E-state index is 12.4. The smallest absolute Gasteiger partial charge is 0.253 e. The number of pyridine rings is 2. The van der Waals surface area contributed by atoms with Gasteiger partial charge in [-0.15, -0.1) is 0 Å². The molecule has 3 rings (SSSR count). The normalized spacial score (nSPS) is 16.2. The average Bonchev–Trinajstić information content (AvgIpc) is 2.68. The van der Waals surface area contributed by atoms with Crippen LogP contribution in [0.4, 0.5) is 0 Å². The molecule has 1 aliphatic rings. The summed E-state index contributed by atoms with van der Waals surface area (Å²) >= 11 is 0. The lowest BCUT2D eigenvalue weighted by Gasteiger charge is -2.28. The number of hydrogen-bond acceptors (Lipinski definition) is 4. The second-order valence-electron chi connectivity index (χ2n) is 6.67. The predicted octanol–water partition coefficient (Wildman–Crippen LogP) is 3.75. The Morgan fingerprint density at radius 2 is 1.96 bits per heavy atom. The lowest BCUT2D eigenvalue weighted by atomic mass is 9.84. The molecule has 1 aliphatic carbocycles. The third-order valence-corrected chi connectivity index (χ3v) is 4.84. The van der Waals surface area contributed by atoms with Crippen LogP contribution in [0.15, 0.2) is 42.9 Å². The van der Waals surface area contributed by atoms with Crippen molar-refractivity contribution >= 4 is 5.91 Å². The van der Waals surface area contributed by atoms with Crippen molar-refractivity contribution in [1.82, 2.24) is 15.3 Å². The minimum Gasteiger partial charge on any atom is -0.487 e. The summed E-state index contributed by atoms with van der Waals surface area (Å²) in [7, 11) is 0. The van der Waals surface area contributed by atoms with E-state index in [0.29, 0.717) is 18.1 Å². The molecule has 1 saturated carbocycles. The van der Waals surface area contributed by atoms with Crippen molar-refractivity contribution in [2.24, 2.45) is 5.92 Å². The van der Waals surface area contributed by atoms with E-state index in [0.717, 1.165) is 11.4 Å². The highest BCUT2D eigenvalue weighted by atomic mass is 16.5. The minimum absolute atomic E-state index is 0.0489. The van der Waals surface area contributed by atoms with Crippen LogP contribution in [0, 0.1) is 5.92 Å². The van der Waals surface area contributed by atoms with Gasteiger partial charge in [-0.1, -0.05) is 19.3 Å². The van der Waals surface area contributed by atoms with Gasteiger partial charge in [0.15, 0.2) is 0 Å². The van der Waals surface area contributed by atoms with Crippen LogP contribution in [0.2, 0.25) is 0 Å². The van der Waals surface area contributed by atoms with E-state index in [-0.39, 0.29) is 11.9 Å². The molecule has 1 atom stereocenters. The molecule has 25 heavy (non-hydrogen) atoms. The van der Waals surface area contributed by atoms with Gasteiger partial charge in [0.05, 0.1) is 11.3 Å². The lowest BCUT2D eigenvalue weighted by molar-refractivity contribution is 0.0919. The molecule has 5 heteroatoms. The number of aromatic nitrogens is 2. The molecule has 5 nitrogen and oxygen atoms in total. The van der Waals surface area contributed by atoms with E-state index in [1.807, 2.05) is 6.07 Å². The second-order valence-corrected chi connectivity index (χ2v) is 6.67. The molecule has 1 N–H and O–H groups in total. The zero-order chi connectivity index (χ0) is 17.5. The van der Waals surface area contributed by atoms with Crippen molar-refractivity contribution in [3.8, 4) is 5.75 Å². The first kappa shape index (κ1) is 17.4. The largest absolute Gasteiger partial charge is 0.487 e. The molecule has 0 unspecified atom stereocenters. The van der Waals surface area contributed by atoms with E-state index >= 15 is 0 Å². The third-order valence-electron chi connectivity index (χ3n) is 4.84. The Morgan fingerprint density at radius 1 is 1.20 bits per heavy atom. The fourth-order valence-corrected chi connectivity index (χ4v) is 3.28. The van der Waals surface area contributed by atoms with E-state index in [1.165, 1.54) is 32.1 Å². The molecule has 2 aromatic heterocycles. The van der Waals surface area contributed by atoms with Gasteiger partial charge >= 0.3 is 0 Å². The van der Waals surface area contributed by atoms with Crippen LogP contribution in [0.25, 0.3) is 0 Å². The number of carbonyl (C=O) groups is 1. The fourth-order valence-electron chi connectivity index (χ4n) is 3.28. The van der Waals surface area contributed by atoms with E-state index in [2.05, 4.69) is 22.2 Å². The Labute approximate surface area is 148 Å². The summed E-state index contributed by atoms with van der Waals surface area (Å²) in [6, 6.07) is 7.45. The van der Waals surface area contributed by atoms with Gasteiger partial charge in [-0.05, 0) is 49.9 Å². The maximum Gasteiger partial charge on any atom is 0.253 e. The SMILES string of the molecule is C[C@@H](NC(=O)c1ccc(COc2ccncc2)nc1)C1CCCCC1. The Kier molecular flexibility index (Phi) is 5.99. The predicted molar refractivity (Wildman–Crippen MR) is 96.3 cm³/mol. The molecule has 1 fully saturated rings. The van der Waals surface area contributed by atoms with Crippen molar-refractivity contribution < 1.29 is 9.53 Å². The van der Waals surface area contributed by atoms with Crippen molar-refractivity contribution in [1.29, 1.82) is 0 Å². The summed E-state index contributed by atoms with van der Waals surface area (Å²) in [5.41, 5.74) is 1.38. The topological polar surface area (TPSA) is 64.1 Å². The van der Waals surface area contributed by atoms with Crippen LogP contribution in [0.3, 0.4) is 0 Å². The summed E-state index contributed by atoms with van der Waals surface area (Å²) in [4.78, 5) is 20.7. The van der Waals surface area contributed by atoms with Gasteiger partial charge < -0.3 is 10.1 Å². The van der Waals surface area contributed by atoms with Crippen LogP contribution in [0.5, 0.6) is 5.75 Å². The first-order valence-corrected chi connectivity index (χ1v) is 9.01. The summed E-state index contributed by atoms with van der Waals surface area (Å²) in [6.45, 7) is 2.47. The highest BCUT2D eigenvalue weighted by Crippen LogP contribution is 2.26. The van der Waals surface area contributed by atoms with Crippen LogP contribution in [0.1, 0.15) is 55.1 Å². The Balaban J connectivity index is 1.51. The summed E-state index contributed by atoms with van der Waals surface area (Å²) < 4.78 is 5.63. The molecule has 1 amide bonds. The van der Waals surface area contributed by atoms with Crippen LogP contribution >= 0.6 is 0 Å². The monoisotopic (exact) mass is 339 g/mol. The highest BCUT2D eigenvalue weighted by Gasteiger charge is 2.21. The number of rotatable bonds is 6. The number of hydrogen-bond donors (Lipinski definition) is 1. The first-order chi connectivity index (χ1) is 12.2. The zero-order valence-corrected chi connectivity index (χ0v) is 14.6. The molecule has 2 aromatic rings. The summed E-state index contributed by atoms with van der Waals surface area (Å²) in [5.74, 6) is 1.30. The number of nitrogens with one attached hydrogen (secondary N) is 1. The fraction of sp³-hybridized carbons (Fsp3) is 0.450. The van der Waals surface area contributed by atoms with Crippen molar-refractivity contribution in [2.75, 3.05) is 0 Å². The van der Waals surface area contributed by atoms with E-state index in [1.54, 1.807) is 36.8 Å². The number of amides is 1. The van der Waals surface area contributed by atoms with Gasteiger partial charge in [0.25, 0.3) is 5.91 Å². The number of ether oxygens (including phenoxy) is 1. The number of carbonyl (C=O) groups excluding carboxylic acids is 1. The summed E-state index contributed by atoms with van der Waals surface area (Å²) in [6.07, 6.45) is 11.3. The van der Waals surface area contributed by atoms with Crippen LogP contribution in [-0.2, 0) is 6.61 Å². The third kappa shape index (κ3) is 5.02. The van der Waals surface area contributed by atoms with Gasteiger partial charge in [0, 0.05) is 24.6 Å². The van der Waals surface area contributed by atoms with Crippen molar-refractivity contribution in [3.63, 3.8) is 0 Å². The molecule has 132 valence electrons. The van der Waals surface area contributed by atoms with Gasteiger partial charge in [0.2, 0.25) is 0 Å². The van der Waals surface area contributed by atoms with E-state index < -0.39 is 0 Å². The standard InChI is InChI=1S/C20H25N3O2/c1-15(16-5-3-2-4-6-16)23-20(24)17-7-8-18(22-13-17)14-25-19-9-11-21-12-10-19/h7-13,15-16H,2-6,14H2,1H3,(H,23,24)/t15-/m1/s1. The van der Waals surface area contributed by atoms with E-state index in [4.69, 9.17) is 4.74 Å². The van der Waals surface area contributed by atoms with Crippen molar-refractivity contribution in [2.45, 2.75) is 51.7 Å². The Morgan fingerprint density at radius 3 is 2.64 bits per heavy atom. The van der Waals surface area contributed by atoms with Gasteiger partial charge in [-0.25, -0.2) is 0 Å². The van der Waals surface area contributed by atoms with Gasteiger partial charge in [0.1, 0.15) is 12.4 Å². The van der Waals surface area contributed by atoms with Crippen LogP contribution < -0.4 is 10.1 Å². The quantitative estimate of drug-likeness (QED) is 0.870. The molecule has 2 heterocycles. The van der Waals surface area contributed by atoms with Crippen molar-refractivity contribution in [3.05, 3.63) is 54.1 Å². The maximum absolute atomic E-state index is 12.4. The van der Waals surface area contributed by atoms with Crippen LogP contribution in [-0.4, -0.2) is 21.9 Å². The first-order valence-electron chi connectivity index (χ1n) is 9.01. The lowest BCUT2D eigenvalue weighted by Crippen LogP contribution is -2.38. The molecular formula is C20H25N3O2. The average molecular weight is 339 g/mol. The molecule has 0 aliphatic heterocycles. The molecule has 0 saturated heterocycles. The van der Waals surface area contributed by atoms with Gasteiger partial charge in [-0.3, -0.25) is 14.8 Å². The summed E-state index contributed by atoms with van der Waals surface area (Å²) in [5, 5.41) is 3.13. The Bertz CT molecular complexity index is 667. The minimum atomic E-state index is -0.0489. The molecule has 0 bridgehead atoms. The Hall–Kier alpha value is -2.43. The second kappa shape index (κ2) is 8.60. The number of nitrogens with zero attached hydrogens (tertiary/aromatic N) is 2. The molecule has 0 radical (unpaired) electrons. The zero-order valence-electron chi connectivity index (χ0n) is 14.6. The highest BCUT2D eigenvalue weighted by molar-refractivity contribution is 5.94. The molecule has 0 spiro atoms. The molecular weight excluding hydrogens is 314 g/mol. The molecule has 0 aromatic carbocycles. The van der Waals surface area contributed by atoms with Gasteiger partial charge in [-0.2, -0.15) is 0 Å². The van der Waals surface area contributed by atoms with E-state index in [9.17, 15) is 4.79 Å².